The number of amides is 1. The first kappa shape index (κ1) is 14.4. The molecule has 18 heavy (non-hydrogen) atoms. The van der Waals surface area contributed by atoms with Gasteiger partial charge in [-0.3, -0.25) is 4.79 Å². The third-order valence-electron chi connectivity index (χ3n) is 2.15. The molecule has 7 heteroatoms. The van der Waals surface area contributed by atoms with Gasteiger partial charge >= 0.3 is 6.18 Å². The molecule has 0 radical (unpaired) electrons. The predicted octanol–water partition coefficient (Wildman–Crippen LogP) is 1.96. The SMILES string of the molecule is O=C(NCCCO)c1ccc(F)cc1C(F)(F)F. The van der Waals surface area contributed by atoms with Crippen LogP contribution < -0.4 is 5.32 Å². The number of rotatable bonds is 4. The Kier molecular flexibility index (Phi) is 4.66. The van der Waals surface area contributed by atoms with Gasteiger partial charge < -0.3 is 10.4 Å². The zero-order chi connectivity index (χ0) is 13.8. The molecule has 1 rings (SSSR count). The van der Waals surface area contributed by atoms with Gasteiger partial charge in [-0.2, -0.15) is 13.2 Å². The van der Waals surface area contributed by atoms with E-state index in [2.05, 4.69) is 5.32 Å². The Balaban J connectivity index is 2.97. The molecule has 0 aromatic heterocycles. The summed E-state index contributed by atoms with van der Waals surface area (Å²) in [6.07, 6.45) is -4.57. The Hall–Kier alpha value is -1.63. The summed E-state index contributed by atoms with van der Waals surface area (Å²) in [5.41, 5.74) is -1.95. The van der Waals surface area contributed by atoms with Crippen molar-refractivity contribution in [2.75, 3.05) is 13.2 Å². The van der Waals surface area contributed by atoms with Crippen molar-refractivity contribution in [3.63, 3.8) is 0 Å². The van der Waals surface area contributed by atoms with Crippen molar-refractivity contribution in [3.8, 4) is 0 Å². The quantitative estimate of drug-likeness (QED) is 0.646. The maximum atomic E-state index is 12.8. The van der Waals surface area contributed by atoms with E-state index in [1.165, 1.54) is 0 Å². The lowest BCUT2D eigenvalue weighted by atomic mass is 10.1. The van der Waals surface area contributed by atoms with Crippen molar-refractivity contribution >= 4 is 5.91 Å². The molecular weight excluding hydrogens is 254 g/mol. The maximum absolute atomic E-state index is 12.8. The van der Waals surface area contributed by atoms with E-state index in [9.17, 15) is 22.4 Å². The topological polar surface area (TPSA) is 49.3 Å². The molecule has 0 saturated heterocycles. The number of nitrogens with one attached hydrogen (secondary N) is 1. The average molecular weight is 265 g/mol. The van der Waals surface area contributed by atoms with Crippen LogP contribution in [0.2, 0.25) is 0 Å². The van der Waals surface area contributed by atoms with Crippen molar-refractivity contribution < 1.29 is 27.5 Å². The van der Waals surface area contributed by atoms with Crippen LogP contribution in [0.25, 0.3) is 0 Å². The number of aliphatic hydroxyl groups excluding tert-OH is 1. The van der Waals surface area contributed by atoms with Crippen molar-refractivity contribution in [1.82, 2.24) is 5.32 Å². The summed E-state index contributed by atoms with van der Waals surface area (Å²) < 4.78 is 50.6. The first-order valence-electron chi connectivity index (χ1n) is 5.12. The summed E-state index contributed by atoms with van der Waals surface area (Å²) in [5, 5.41) is 10.7. The van der Waals surface area contributed by atoms with E-state index in [0.717, 1.165) is 12.1 Å². The molecule has 1 aromatic rings. The van der Waals surface area contributed by atoms with E-state index in [0.29, 0.717) is 0 Å². The van der Waals surface area contributed by atoms with Crippen LogP contribution in [0.5, 0.6) is 0 Å². The van der Waals surface area contributed by atoms with Crippen LogP contribution in [0, 0.1) is 5.82 Å². The summed E-state index contributed by atoms with van der Waals surface area (Å²) in [4.78, 5) is 11.5. The molecule has 0 bridgehead atoms. The van der Waals surface area contributed by atoms with E-state index in [-0.39, 0.29) is 25.6 Å². The van der Waals surface area contributed by atoms with Gasteiger partial charge in [-0.05, 0) is 24.6 Å². The minimum Gasteiger partial charge on any atom is -0.396 e. The lowest BCUT2D eigenvalue weighted by molar-refractivity contribution is -0.138. The highest BCUT2D eigenvalue weighted by molar-refractivity contribution is 5.95. The summed E-state index contributed by atoms with van der Waals surface area (Å²) in [7, 11) is 0. The standard InChI is InChI=1S/C11H11F4NO2/c12-7-2-3-8(9(6-7)11(13,14)15)10(18)16-4-1-5-17/h2-3,6,17H,1,4-5H2,(H,16,18). The van der Waals surface area contributed by atoms with E-state index in [1.54, 1.807) is 0 Å². The first-order valence-corrected chi connectivity index (χ1v) is 5.12. The second-order valence-corrected chi connectivity index (χ2v) is 3.52. The molecule has 100 valence electrons. The summed E-state index contributed by atoms with van der Waals surface area (Å²) >= 11 is 0. The smallest absolute Gasteiger partial charge is 0.396 e. The molecule has 0 unspecified atom stereocenters. The average Bonchev–Trinajstić information content (AvgIpc) is 2.28. The molecule has 0 aliphatic carbocycles. The van der Waals surface area contributed by atoms with Crippen molar-refractivity contribution in [2.45, 2.75) is 12.6 Å². The lowest BCUT2D eigenvalue weighted by Crippen LogP contribution is -2.27. The minimum absolute atomic E-state index is 0.0456. The molecule has 0 atom stereocenters. The van der Waals surface area contributed by atoms with Crippen molar-refractivity contribution in [3.05, 3.63) is 35.1 Å². The van der Waals surface area contributed by atoms with E-state index in [4.69, 9.17) is 5.11 Å². The molecule has 0 fully saturated rings. The zero-order valence-electron chi connectivity index (χ0n) is 9.22. The number of halogens is 4. The first-order chi connectivity index (χ1) is 8.36. The van der Waals surface area contributed by atoms with Crippen LogP contribution in [0.3, 0.4) is 0 Å². The number of aliphatic hydroxyl groups is 1. The van der Waals surface area contributed by atoms with Crippen LogP contribution in [-0.4, -0.2) is 24.2 Å². The van der Waals surface area contributed by atoms with E-state index >= 15 is 0 Å². The molecule has 0 aliphatic heterocycles. The van der Waals surface area contributed by atoms with E-state index in [1.807, 2.05) is 0 Å². The monoisotopic (exact) mass is 265 g/mol. The normalized spacial score (nSPS) is 11.4. The lowest BCUT2D eigenvalue weighted by Gasteiger charge is -2.12. The van der Waals surface area contributed by atoms with Gasteiger partial charge in [-0.1, -0.05) is 0 Å². The highest BCUT2D eigenvalue weighted by atomic mass is 19.4. The molecule has 3 nitrogen and oxygen atoms in total. The number of alkyl halides is 3. The number of benzene rings is 1. The molecular formula is C11H11F4NO2. The fraction of sp³-hybridized carbons (Fsp3) is 0.364. The van der Waals surface area contributed by atoms with Crippen LogP contribution in [0.1, 0.15) is 22.3 Å². The van der Waals surface area contributed by atoms with Crippen LogP contribution in [-0.2, 0) is 6.18 Å². The second kappa shape index (κ2) is 5.81. The highest BCUT2D eigenvalue weighted by Gasteiger charge is 2.35. The van der Waals surface area contributed by atoms with Gasteiger partial charge in [-0.15, -0.1) is 0 Å². The van der Waals surface area contributed by atoms with Gasteiger partial charge in [0.15, 0.2) is 0 Å². The number of carbonyl (C=O) groups is 1. The Bertz CT molecular complexity index is 432. The van der Waals surface area contributed by atoms with Gasteiger partial charge in [0.1, 0.15) is 5.82 Å². The molecule has 0 spiro atoms. The fourth-order valence-corrected chi connectivity index (χ4v) is 1.33. The summed E-state index contributed by atoms with van der Waals surface area (Å²) in [6.45, 7) is -0.139. The molecule has 0 aliphatic rings. The van der Waals surface area contributed by atoms with Gasteiger partial charge in [-0.25, -0.2) is 4.39 Å². The largest absolute Gasteiger partial charge is 0.417 e. The fourth-order valence-electron chi connectivity index (χ4n) is 1.33. The molecule has 2 N–H and O–H groups in total. The predicted molar refractivity (Wildman–Crippen MR) is 55.4 cm³/mol. The second-order valence-electron chi connectivity index (χ2n) is 3.52. The van der Waals surface area contributed by atoms with Gasteiger partial charge in [0.05, 0.1) is 11.1 Å². The minimum atomic E-state index is -4.80. The van der Waals surface area contributed by atoms with Gasteiger partial charge in [0.25, 0.3) is 5.91 Å². The zero-order valence-corrected chi connectivity index (χ0v) is 9.22. The maximum Gasteiger partial charge on any atom is 0.417 e. The number of hydrogen-bond acceptors (Lipinski definition) is 2. The van der Waals surface area contributed by atoms with Crippen LogP contribution in [0.4, 0.5) is 17.6 Å². The van der Waals surface area contributed by atoms with Gasteiger partial charge in [0, 0.05) is 13.2 Å². The highest BCUT2D eigenvalue weighted by Crippen LogP contribution is 2.32. The van der Waals surface area contributed by atoms with Crippen LogP contribution in [0.15, 0.2) is 18.2 Å². The Morgan fingerprint density at radius 1 is 1.33 bits per heavy atom. The van der Waals surface area contributed by atoms with Crippen molar-refractivity contribution in [2.24, 2.45) is 0 Å². The summed E-state index contributed by atoms with van der Waals surface area (Å²) in [5.74, 6) is -2.01. The molecule has 0 saturated carbocycles. The third-order valence-corrected chi connectivity index (χ3v) is 2.15. The van der Waals surface area contributed by atoms with Crippen LogP contribution >= 0.6 is 0 Å². The number of carbonyl (C=O) groups excluding carboxylic acids is 1. The van der Waals surface area contributed by atoms with Crippen molar-refractivity contribution in [1.29, 1.82) is 0 Å². The Morgan fingerprint density at radius 3 is 2.56 bits per heavy atom. The molecule has 1 aromatic carbocycles. The summed E-state index contributed by atoms with van der Waals surface area (Å²) in [6, 6.07) is 1.85. The third kappa shape index (κ3) is 3.69. The van der Waals surface area contributed by atoms with E-state index < -0.39 is 29.0 Å². The number of hydrogen-bond donors (Lipinski definition) is 2. The Morgan fingerprint density at radius 2 is 2.00 bits per heavy atom. The molecule has 1 amide bonds. The Labute approximate surface area is 100 Å². The van der Waals surface area contributed by atoms with Gasteiger partial charge in [0.2, 0.25) is 0 Å². The molecule has 0 heterocycles.